The molecule has 0 unspecified atom stereocenters. The number of nitrogens with two attached hydrogens (primary N) is 1. The van der Waals surface area contributed by atoms with Crippen molar-refractivity contribution >= 4 is 34.9 Å². The van der Waals surface area contributed by atoms with E-state index in [9.17, 15) is 8.78 Å². The lowest BCUT2D eigenvalue weighted by Gasteiger charge is -2.21. The molecule has 1 aliphatic heterocycles. The van der Waals surface area contributed by atoms with Crippen molar-refractivity contribution in [2.45, 2.75) is 25.8 Å². The van der Waals surface area contributed by atoms with Crippen LogP contribution in [0.5, 0.6) is 0 Å². The van der Waals surface area contributed by atoms with E-state index in [0.717, 1.165) is 5.56 Å². The van der Waals surface area contributed by atoms with Gasteiger partial charge in [0.1, 0.15) is 5.69 Å². The average molecular weight is 383 g/mol. The molecule has 1 aromatic carbocycles. The normalized spacial score (nSPS) is 15.9. The summed E-state index contributed by atoms with van der Waals surface area (Å²) in [5.74, 6) is -1.69. The fraction of sp³-hybridized carbons (Fsp3) is 0.412. The molecule has 1 fully saturated rings. The van der Waals surface area contributed by atoms with Gasteiger partial charge in [-0.15, -0.1) is 0 Å². The molecule has 0 radical (unpaired) electrons. The summed E-state index contributed by atoms with van der Waals surface area (Å²) >= 11 is 6.17. The lowest BCUT2D eigenvalue weighted by molar-refractivity contribution is 0.0257. The van der Waals surface area contributed by atoms with Crippen molar-refractivity contribution < 1.29 is 8.78 Å². The predicted octanol–water partition coefficient (Wildman–Crippen LogP) is 3.60. The highest BCUT2D eigenvalue weighted by atomic mass is 35.5. The second-order valence-electron chi connectivity index (χ2n) is 6.14. The molecule has 3 rings (SSSR count). The number of hydrogen-bond acceptors (Lipinski definition) is 6. The molecule has 140 valence electrons. The zero-order valence-electron chi connectivity index (χ0n) is 14.4. The molecular formula is C17H21ClF2N6. The van der Waals surface area contributed by atoms with E-state index >= 15 is 0 Å². The summed E-state index contributed by atoms with van der Waals surface area (Å²) in [6, 6.07) is 7.41. The molecule has 0 bridgehead atoms. The van der Waals surface area contributed by atoms with Crippen molar-refractivity contribution in [3.8, 4) is 0 Å². The van der Waals surface area contributed by atoms with Crippen LogP contribution in [0.2, 0.25) is 5.02 Å². The number of aromatic nitrogens is 2. The molecule has 0 saturated carbocycles. The summed E-state index contributed by atoms with van der Waals surface area (Å²) in [5.41, 5.74) is 7.31. The van der Waals surface area contributed by atoms with E-state index in [1.54, 1.807) is 6.07 Å². The Labute approximate surface area is 155 Å². The molecule has 0 amide bonds. The van der Waals surface area contributed by atoms with Crippen LogP contribution in [0.4, 0.5) is 32.1 Å². The molecule has 0 atom stereocenters. The molecular weight excluding hydrogens is 362 g/mol. The minimum Gasteiger partial charge on any atom is -0.393 e. The first-order valence-electron chi connectivity index (χ1n) is 8.41. The van der Waals surface area contributed by atoms with Gasteiger partial charge in [-0.2, -0.15) is 9.97 Å². The van der Waals surface area contributed by atoms with E-state index in [0.29, 0.717) is 35.7 Å². The van der Waals surface area contributed by atoms with E-state index in [-0.39, 0.29) is 18.7 Å². The van der Waals surface area contributed by atoms with Gasteiger partial charge in [-0.1, -0.05) is 29.8 Å². The molecule has 1 aliphatic rings. The summed E-state index contributed by atoms with van der Waals surface area (Å²) in [5, 5.41) is 6.77. The number of nitrogen functional groups attached to an aromatic ring is 1. The summed E-state index contributed by atoms with van der Waals surface area (Å²) < 4.78 is 27.2. The SMILES string of the molecule is CCNc1nc(NCc2ccccc2Cl)c(N)c(N2CCC(F)(F)C2)n1. The minimum atomic E-state index is -2.74. The number of nitrogens with zero attached hydrogens (tertiary/aromatic N) is 3. The standard InChI is InChI=1S/C17H21ClF2N6/c1-2-22-16-24-14(23-9-11-5-3-4-6-12(11)18)13(21)15(25-16)26-8-7-17(19,20)10-26/h3-6H,2,7-10,21H2,1H3,(H2,22,23,24,25). The first kappa shape index (κ1) is 18.4. The summed E-state index contributed by atoms with van der Waals surface area (Å²) in [6.07, 6.45) is -0.213. The van der Waals surface area contributed by atoms with E-state index < -0.39 is 12.5 Å². The van der Waals surface area contributed by atoms with E-state index in [1.807, 2.05) is 25.1 Å². The highest BCUT2D eigenvalue weighted by molar-refractivity contribution is 6.31. The first-order chi connectivity index (χ1) is 12.4. The summed E-state index contributed by atoms with van der Waals surface area (Å²) in [6.45, 7) is 2.71. The average Bonchev–Trinajstić information content (AvgIpc) is 2.96. The van der Waals surface area contributed by atoms with Gasteiger partial charge in [0.15, 0.2) is 11.6 Å². The molecule has 6 nitrogen and oxygen atoms in total. The number of anilines is 4. The molecule has 26 heavy (non-hydrogen) atoms. The van der Waals surface area contributed by atoms with Crippen LogP contribution in [0, 0.1) is 0 Å². The number of benzene rings is 1. The maximum Gasteiger partial charge on any atom is 0.266 e. The van der Waals surface area contributed by atoms with Gasteiger partial charge >= 0.3 is 0 Å². The maximum absolute atomic E-state index is 13.6. The number of hydrogen-bond donors (Lipinski definition) is 3. The van der Waals surface area contributed by atoms with E-state index in [2.05, 4.69) is 20.6 Å². The van der Waals surface area contributed by atoms with Crippen LogP contribution in [0.1, 0.15) is 18.9 Å². The van der Waals surface area contributed by atoms with Crippen LogP contribution in [-0.2, 0) is 6.54 Å². The molecule has 1 aromatic heterocycles. The van der Waals surface area contributed by atoms with Gasteiger partial charge in [-0.25, -0.2) is 8.78 Å². The van der Waals surface area contributed by atoms with Gasteiger partial charge in [0.05, 0.1) is 6.54 Å². The van der Waals surface area contributed by atoms with Crippen molar-refractivity contribution in [3.63, 3.8) is 0 Å². The van der Waals surface area contributed by atoms with Gasteiger partial charge in [0, 0.05) is 31.1 Å². The Balaban J connectivity index is 1.88. The Morgan fingerprint density at radius 1 is 1.27 bits per heavy atom. The van der Waals surface area contributed by atoms with Crippen LogP contribution in [0.3, 0.4) is 0 Å². The van der Waals surface area contributed by atoms with Crippen LogP contribution in [0.25, 0.3) is 0 Å². The third-order valence-corrected chi connectivity index (χ3v) is 4.50. The van der Waals surface area contributed by atoms with Crippen molar-refractivity contribution in [2.24, 2.45) is 0 Å². The fourth-order valence-corrected chi connectivity index (χ4v) is 3.01. The van der Waals surface area contributed by atoms with Crippen molar-refractivity contribution in [3.05, 3.63) is 34.9 Å². The number of halogens is 3. The van der Waals surface area contributed by atoms with Gasteiger partial charge < -0.3 is 21.3 Å². The van der Waals surface area contributed by atoms with Crippen LogP contribution in [-0.4, -0.2) is 35.5 Å². The monoisotopic (exact) mass is 382 g/mol. The first-order valence-corrected chi connectivity index (χ1v) is 8.79. The molecule has 0 aliphatic carbocycles. The second-order valence-corrected chi connectivity index (χ2v) is 6.54. The number of rotatable bonds is 6. The third-order valence-electron chi connectivity index (χ3n) is 4.13. The van der Waals surface area contributed by atoms with Crippen molar-refractivity contribution in [1.29, 1.82) is 0 Å². The van der Waals surface area contributed by atoms with Crippen LogP contribution < -0.4 is 21.3 Å². The highest BCUT2D eigenvalue weighted by Gasteiger charge is 2.39. The molecule has 1 saturated heterocycles. The van der Waals surface area contributed by atoms with Gasteiger partial charge in [-0.3, -0.25) is 0 Å². The Hall–Kier alpha value is -2.35. The van der Waals surface area contributed by atoms with Gasteiger partial charge in [-0.05, 0) is 18.6 Å². The van der Waals surface area contributed by atoms with Gasteiger partial charge in [0.25, 0.3) is 5.92 Å². The van der Waals surface area contributed by atoms with E-state index in [1.165, 1.54) is 4.90 Å². The van der Waals surface area contributed by atoms with Crippen LogP contribution >= 0.6 is 11.6 Å². The maximum atomic E-state index is 13.6. The zero-order chi connectivity index (χ0) is 18.7. The Bertz CT molecular complexity index is 786. The number of nitrogens with one attached hydrogen (secondary N) is 2. The quantitative estimate of drug-likeness (QED) is 0.708. The minimum absolute atomic E-state index is 0.198. The van der Waals surface area contributed by atoms with Crippen molar-refractivity contribution in [2.75, 3.05) is 40.9 Å². The highest BCUT2D eigenvalue weighted by Crippen LogP contribution is 2.35. The zero-order valence-corrected chi connectivity index (χ0v) is 15.2. The van der Waals surface area contributed by atoms with Crippen molar-refractivity contribution in [1.82, 2.24) is 9.97 Å². The summed E-state index contributed by atoms with van der Waals surface area (Å²) in [7, 11) is 0. The molecule has 0 spiro atoms. The van der Waals surface area contributed by atoms with E-state index in [4.69, 9.17) is 17.3 Å². The molecule has 2 heterocycles. The molecule has 9 heteroatoms. The lowest BCUT2D eigenvalue weighted by atomic mass is 10.2. The Morgan fingerprint density at radius 2 is 2.04 bits per heavy atom. The van der Waals surface area contributed by atoms with Crippen LogP contribution in [0.15, 0.2) is 24.3 Å². The molecule has 2 aromatic rings. The Kier molecular flexibility index (Phi) is 5.31. The third kappa shape index (κ3) is 4.07. The lowest BCUT2D eigenvalue weighted by Crippen LogP contribution is -2.27. The second kappa shape index (κ2) is 7.49. The summed E-state index contributed by atoms with van der Waals surface area (Å²) in [4.78, 5) is 10.2. The number of alkyl halides is 2. The largest absolute Gasteiger partial charge is 0.393 e. The van der Waals surface area contributed by atoms with Gasteiger partial charge in [0.2, 0.25) is 5.95 Å². The molecule has 4 N–H and O–H groups in total. The predicted molar refractivity (Wildman–Crippen MR) is 101 cm³/mol. The fourth-order valence-electron chi connectivity index (χ4n) is 2.81. The smallest absolute Gasteiger partial charge is 0.266 e. The Morgan fingerprint density at radius 3 is 2.69 bits per heavy atom. The topological polar surface area (TPSA) is 79.1 Å².